The van der Waals surface area contributed by atoms with Crippen LogP contribution in [0.1, 0.15) is 38.2 Å². The average molecular weight is 340 g/mol. The molecule has 0 bridgehead atoms. The van der Waals surface area contributed by atoms with Crippen molar-refractivity contribution in [1.82, 2.24) is 0 Å². The lowest BCUT2D eigenvalue weighted by Crippen LogP contribution is -2.31. The van der Waals surface area contributed by atoms with Crippen LogP contribution in [0.15, 0.2) is 27.8 Å². The first-order valence-electron chi connectivity index (χ1n) is 6.55. The van der Waals surface area contributed by atoms with Crippen LogP contribution in [0.4, 0.5) is 5.69 Å². The van der Waals surface area contributed by atoms with Gasteiger partial charge >= 0.3 is 0 Å². The van der Waals surface area contributed by atoms with Gasteiger partial charge < -0.3 is 16.3 Å². The Labute approximate surface area is 126 Å². The van der Waals surface area contributed by atoms with Crippen molar-refractivity contribution >= 4 is 33.4 Å². The number of nitrogens with zero attached hydrogens (tertiary/aromatic N) is 1. The summed E-state index contributed by atoms with van der Waals surface area (Å²) in [5.41, 5.74) is 6.38. The van der Waals surface area contributed by atoms with E-state index in [4.69, 9.17) is 10.9 Å². The highest BCUT2D eigenvalue weighted by Gasteiger charge is 2.36. The van der Waals surface area contributed by atoms with Crippen LogP contribution in [0.5, 0.6) is 0 Å². The quantitative estimate of drug-likeness (QED) is 0.342. The maximum Gasteiger partial charge on any atom is 0.230 e. The fourth-order valence-electron chi connectivity index (χ4n) is 2.55. The molecule has 0 spiro atoms. The summed E-state index contributed by atoms with van der Waals surface area (Å²) in [5.74, 6) is -0.0394. The molecule has 0 saturated heterocycles. The predicted molar refractivity (Wildman–Crippen MR) is 81.9 cm³/mol. The van der Waals surface area contributed by atoms with Crippen molar-refractivity contribution < 1.29 is 10.0 Å². The number of amides is 1. The Kier molecular flexibility index (Phi) is 4.32. The highest BCUT2D eigenvalue weighted by Crippen LogP contribution is 2.38. The molecule has 1 fully saturated rings. The number of rotatable bonds is 3. The molecule has 0 radical (unpaired) electrons. The summed E-state index contributed by atoms with van der Waals surface area (Å²) in [6.45, 7) is 1.98. The van der Waals surface area contributed by atoms with Gasteiger partial charge in [0, 0.05) is 15.5 Å². The van der Waals surface area contributed by atoms with Crippen LogP contribution in [-0.4, -0.2) is 17.0 Å². The standard InChI is InChI=1S/C14H18BrN3O2/c1-14(6-2-3-7-14)13(19)17-11-5-4-9(15)8-10(11)12(16)18-20/h4-5,8,20H,2-3,6-7H2,1H3,(H2,16,18)(H,17,19). The highest BCUT2D eigenvalue weighted by atomic mass is 79.9. The van der Waals surface area contributed by atoms with Crippen LogP contribution in [0.2, 0.25) is 0 Å². The maximum absolute atomic E-state index is 12.4. The summed E-state index contributed by atoms with van der Waals surface area (Å²) < 4.78 is 0.796. The minimum atomic E-state index is -0.324. The number of nitrogens with one attached hydrogen (secondary N) is 1. The maximum atomic E-state index is 12.4. The van der Waals surface area contributed by atoms with Crippen molar-refractivity contribution in [3.8, 4) is 0 Å². The molecular formula is C14H18BrN3O2. The number of hydrogen-bond donors (Lipinski definition) is 3. The topological polar surface area (TPSA) is 87.7 Å². The number of carbonyl (C=O) groups excluding carboxylic acids is 1. The van der Waals surface area contributed by atoms with Gasteiger partial charge in [0.2, 0.25) is 5.91 Å². The molecule has 0 aliphatic heterocycles. The zero-order valence-electron chi connectivity index (χ0n) is 11.3. The van der Waals surface area contributed by atoms with Crippen LogP contribution in [0.25, 0.3) is 0 Å². The van der Waals surface area contributed by atoms with E-state index in [9.17, 15) is 4.79 Å². The van der Waals surface area contributed by atoms with Gasteiger partial charge in [-0.15, -0.1) is 0 Å². The third-order valence-electron chi connectivity index (χ3n) is 3.87. The average Bonchev–Trinajstić information content (AvgIpc) is 2.88. The molecule has 20 heavy (non-hydrogen) atoms. The molecule has 108 valence electrons. The summed E-state index contributed by atoms with van der Waals surface area (Å²) in [4.78, 5) is 12.4. The van der Waals surface area contributed by atoms with Crippen molar-refractivity contribution in [2.24, 2.45) is 16.3 Å². The zero-order valence-corrected chi connectivity index (χ0v) is 12.9. The van der Waals surface area contributed by atoms with E-state index in [-0.39, 0.29) is 17.2 Å². The highest BCUT2D eigenvalue weighted by molar-refractivity contribution is 9.10. The summed E-state index contributed by atoms with van der Waals surface area (Å²) in [5, 5.41) is 14.7. The van der Waals surface area contributed by atoms with Gasteiger partial charge in [0.25, 0.3) is 0 Å². The minimum Gasteiger partial charge on any atom is -0.409 e. The Morgan fingerprint density at radius 3 is 2.70 bits per heavy atom. The van der Waals surface area contributed by atoms with E-state index >= 15 is 0 Å². The fraction of sp³-hybridized carbons (Fsp3) is 0.429. The molecule has 0 atom stereocenters. The number of oxime groups is 1. The van der Waals surface area contributed by atoms with Crippen molar-refractivity contribution in [3.05, 3.63) is 28.2 Å². The summed E-state index contributed by atoms with van der Waals surface area (Å²) in [6.07, 6.45) is 3.96. The fourth-order valence-corrected chi connectivity index (χ4v) is 2.91. The van der Waals surface area contributed by atoms with E-state index < -0.39 is 0 Å². The first kappa shape index (κ1) is 14.8. The number of amidine groups is 1. The first-order chi connectivity index (χ1) is 9.46. The molecule has 6 heteroatoms. The normalized spacial score (nSPS) is 18.0. The summed E-state index contributed by atoms with van der Waals surface area (Å²) in [7, 11) is 0. The van der Waals surface area contributed by atoms with Crippen LogP contribution < -0.4 is 11.1 Å². The Bertz CT molecular complexity index is 551. The number of benzene rings is 1. The van der Waals surface area contributed by atoms with Crippen molar-refractivity contribution in [2.45, 2.75) is 32.6 Å². The molecule has 1 aliphatic carbocycles. The minimum absolute atomic E-state index is 0.00990. The molecule has 2 rings (SSSR count). The number of halogens is 1. The number of nitrogens with two attached hydrogens (primary N) is 1. The van der Waals surface area contributed by atoms with Gasteiger partial charge in [-0.2, -0.15) is 0 Å². The van der Waals surface area contributed by atoms with Crippen LogP contribution in [-0.2, 0) is 4.79 Å². The SMILES string of the molecule is CC1(C(=O)Nc2ccc(Br)cc2/C(N)=N/O)CCCC1. The van der Waals surface area contributed by atoms with E-state index in [1.807, 2.05) is 6.92 Å². The monoisotopic (exact) mass is 339 g/mol. The van der Waals surface area contributed by atoms with E-state index in [0.29, 0.717) is 11.3 Å². The molecule has 5 nitrogen and oxygen atoms in total. The predicted octanol–water partition coefficient (Wildman–Crippen LogP) is 3.06. The lowest BCUT2D eigenvalue weighted by Gasteiger charge is -2.23. The second kappa shape index (κ2) is 5.83. The van der Waals surface area contributed by atoms with Gasteiger partial charge in [-0.25, -0.2) is 0 Å². The molecule has 0 heterocycles. The van der Waals surface area contributed by atoms with Gasteiger partial charge in [0.15, 0.2) is 5.84 Å². The Balaban J connectivity index is 2.27. The van der Waals surface area contributed by atoms with Gasteiger partial charge in [0.05, 0.1) is 5.69 Å². The third-order valence-corrected chi connectivity index (χ3v) is 4.36. The van der Waals surface area contributed by atoms with Crippen LogP contribution in [0, 0.1) is 5.41 Å². The molecule has 1 aromatic carbocycles. The Morgan fingerprint density at radius 1 is 1.45 bits per heavy atom. The number of carbonyl (C=O) groups is 1. The van der Waals surface area contributed by atoms with E-state index in [1.165, 1.54) is 0 Å². The second-order valence-corrected chi connectivity index (χ2v) is 6.31. The molecular weight excluding hydrogens is 322 g/mol. The molecule has 1 amide bonds. The smallest absolute Gasteiger partial charge is 0.230 e. The van der Waals surface area contributed by atoms with Gasteiger partial charge in [-0.05, 0) is 31.0 Å². The Hall–Kier alpha value is -1.56. The van der Waals surface area contributed by atoms with Crippen LogP contribution >= 0.6 is 15.9 Å². The largest absolute Gasteiger partial charge is 0.409 e. The number of hydrogen-bond acceptors (Lipinski definition) is 3. The lowest BCUT2D eigenvalue weighted by atomic mass is 9.87. The molecule has 4 N–H and O–H groups in total. The summed E-state index contributed by atoms with van der Waals surface area (Å²) in [6, 6.07) is 5.26. The first-order valence-corrected chi connectivity index (χ1v) is 7.34. The van der Waals surface area contributed by atoms with Gasteiger partial charge in [0.1, 0.15) is 0 Å². The molecule has 1 aliphatic rings. The van der Waals surface area contributed by atoms with Gasteiger partial charge in [-0.1, -0.05) is 40.9 Å². The zero-order chi connectivity index (χ0) is 14.8. The van der Waals surface area contributed by atoms with Crippen molar-refractivity contribution in [3.63, 3.8) is 0 Å². The molecule has 0 aromatic heterocycles. The second-order valence-electron chi connectivity index (χ2n) is 5.40. The van der Waals surface area contributed by atoms with E-state index in [1.54, 1.807) is 18.2 Å². The van der Waals surface area contributed by atoms with Gasteiger partial charge in [-0.3, -0.25) is 4.79 Å². The van der Waals surface area contributed by atoms with E-state index in [2.05, 4.69) is 26.4 Å². The number of anilines is 1. The molecule has 1 aromatic rings. The van der Waals surface area contributed by atoms with Crippen molar-refractivity contribution in [2.75, 3.05) is 5.32 Å². The molecule has 1 saturated carbocycles. The third kappa shape index (κ3) is 2.95. The summed E-state index contributed by atoms with van der Waals surface area (Å²) >= 11 is 3.33. The van der Waals surface area contributed by atoms with E-state index in [0.717, 1.165) is 30.2 Å². The van der Waals surface area contributed by atoms with Crippen LogP contribution in [0.3, 0.4) is 0 Å². The lowest BCUT2D eigenvalue weighted by molar-refractivity contribution is -0.124. The molecule has 0 unspecified atom stereocenters. The van der Waals surface area contributed by atoms with Crippen molar-refractivity contribution in [1.29, 1.82) is 0 Å². The Morgan fingerprint density at radius 2 is 2.10 bits per heavy atom.